The molecule has 0 fully saturated rings. The van der Waals surface area contributed by atoms with Gasteiger partial charge < -0.3 is 4.74 Å². The largest absolute Gasteiger partial charge is 0.481 e. The summed E-state index contributed by atoms with van der Waals surface area (Å²) in [6, 6.07) is 15.8. The molecule has 1 aromatic heterocycles. The Morgan fingerprint density at radius 3 is 2.49 bits per heavy atom. The first-order valence-corrected chi connectivity index (χ1v) is 13.7. The van der Waals surface area contributed by atoms with E-state index in [0.717, 1.165) is 20.9 Å². The van der Waals surface area contributed by atoms with Gasteiger partial charge in [0.05, 0.1) is 26.5 Å². The van der Waals surface area contributed by atoms with Gasteiger partial charge in [-0.1, -0.05) is 57.8 Å². The van der Waals surface area contributed by atoms with Crippen LogP contribution in [0.4, 0.5) is 5.69 Å². The van der Waals surface area contributed by atoms with Crippen molar-refractivity contribution in [1.82, 2.24) is 9.66 Å². The van der Waals surface area contributed by atoms with Gasteiger partial charge in [0.25, 0.3) is 5.56 Å². The summed E-state index contributed by atoms with van der Waals surface area (Å²) < 4.78 is 9.14. The van der Waals surface area contributed by atoms with E-state index in [4.69, 9.17) is 4.74 Å². The van der Waals surface area contributed by atoms with E-state index in [1.165, 1.54) is 17.0 Å². The number of nitrogens with zero attached hydrogens (tertiary/aromatic N) is 4. The molecule has 1 atom stereocenters. The first-order chi connectivity index (χ1) is 17.7. The Morgan fingerprint density at radius 2 is 1.81 bits per heavy atom. The van der Waals surface area contributed by atoms with Crippen molar-refractivity contribution in [2.75, 3.05) is 0 Å². The zero-order chi connectivity index (χ0) is 26.7. The first-order valence-electron chi connectivity index (χ1n) is 11.3. The molecule has 4 rings (SSSR count). The van der Waals surface area contributed by atoms with E-state index in [-0.39, 0.29) is 29.5 Å². The number of fused-ring (bicyclic) bond motifs is 1. The third-order valence-corrected chi connectivity index (χ3v) is 7.36. The van der Waals surface area contributed by atoms with E-state index in [1.54, 1.807) is 18.2 Å². The van der Waals surface area contributed by atoms with Gasteiger partial charge in [0, 0.05) is 26.5 Å². The molecule has 190 valence electrons. The monoisotopic (exact) mass is 690 g/mol. The number of halogens is 3. The highest BCUT2D eigenvalue weighted by atomic mass is 79.9. The van der Waals surface area contributed by atoms with Crippen LogP contribution in [0.15, 0.2) is 77.9 Å². The molecular weight excluding hydrogens is 672 g/mol. The van der Waals surface area contributed by atoms with Crippen LogP contribution in [0.1, 0.15) is 43.1 Å². The fourth-order valence-corrected chi connectivity index (χ4v) is 4.80. The van der Waals surface area contributed by atoms with Crippen LogP contribution in [0.3, 0.4) is 0 Å². The Labute approximate surface area is 237 Å². The number of nitro groups is 1. The molecule has 0 saturated carbocycles. The van der Waals surface area contributed by atoms with Gasteiger partial charge in [-0.05, 0) is 64.3 Å². The SMILES string of the molecule is CC[C@@H](C)c1nc2ccc(Br)cc2c(=O)n1N=Cc1cc(Br)c(OCc2ccc(Br)cc2)c([N+](=O)[O-])c1. The van der Waals surface area contributed by atoms with E-state index in [0.29, 0.717) is 26.8 Å². The molecule has 1 heterocycles. The zero-order valence-electron chi connectivity index (χ0n) is 19.8. The van der Waals surface area contributed by atoms with Gasteiger partial charge in [-0.3, -0.25) is 14.9 Å². The molecule has 0 radical (unpaired) electrons. The summed E-state index contributed by atoms with van der Waals surface area (Å²) in [7, 11) is 0. The minimum absolute atomic E-state index is 0.0339. The number of aromatic nitrogens is 2. The maximum Gasteiger partial charge on any atom is 0.312 e. The van der Waals surface area contributed by atoms with Crippen LogP contribution in [0.5, 0.6) is 5.75 Å². The fraction of sp³-hybridized carbons (Fsp3) is 0.192. The molecule has 8 nitrogen and oxygen atoms in total. The van der Waals surface area contributed by atoms with Gasteiger partial charge in [-0.15, -0.1) is 0 Å². The van der Waals surface area contributed by atoms with Crippen molar-refractivity contribution in [2.45, 2.75) is 32.8 Å². The third-order valence-electron chi connectivity index (χ3n) is 5.75. The Hall–Kier alpha value is -2.89. The lowest BCUT2D eigenvalue weighted by Gasteiger charge is -2.14. The topological polar surface area (TPSA) is 99.6 Å². The molecule has 0 saturated heterocycles. The van der Waals surface area contributed by atoms with Crippen molar-refractivity contribution in [1.29, 1.82) is 0 Å². The molecule has 0 N–H and O–H groups in total. The molecule has 0 spiro atoms. The van der Waals surface area contributed by atoms with Gasteiger partial charge in [-0.25, -0.2) is 4.98 Å². The van der Waals surface area contributed by atoms with E-state index in [2.05, 4.69) is 57.9 Å². The normalized spacial score (nSPS) is 12.2. The van der Waals surface area contributed by atoms with Crippen LogP contribution in [0.25, 0.3) is 10.9 Å². The average Bonchev–Trinajstić information content (AvgIpc) is 2.87. The Kier molecular flexibility index (Phi) is 8.56. The molecule has 0 aliphatic heterocycles. The molecule has 0 bridgehead atoms. The summed E-state index contributed by atoms with van der Waals surface area (Å²) in [4.78, 5) is 29.4. The van der Waals surface area contributed by atoms with Gasteiger partial charge in [-0.2, -0.15) is 9.78 Å². The molecule has 4 aromatic rings. The van der Waals surface area contributed by atoms with Gasteiger partial charge in [0.2, 0.25) is 5.75 Å². The molecule has 0 aliphatic carbocycles. The number of nitro benzene ring substituents is 1. The molecule has 37 heavy (non-hydrogen) atoms. The van der Waals surface area contributed by atoms with Gasteiger partial charge >= 0.3 is 5.69 Å². The predicted molar refractivity (Wildman–Crippen MR) is 155 cm³/mol. The van der Waals surface area contributed by atoms with Crippen LogP contribution in [0, 0.1) is 10.1 Å². The number of ether oxygens (including phenoxy) is 1. The second-order valence-electron chi connectivity index (χ2n) is 8.33. The average molecular weight is 693 g/mol. The lowest BCUT2D eigenvalue weighted by molar-refractivity contribution is -0.386. The standard InChI is InChI=1S/C26H21Br3N4O4/c1-3-15(2)25-31-22-9-8-19(28)12-20(22)26(34)32(25)30-13-17-10-21(29)24(23(11-17)33(35)36)37-14-16-4-6-18(27)7-5-16/h4-13,15H,3,14H2,1-2H3/t15-/m1/s1. The minimum Gasteiger partial charge on any atom is -0.481 e. The van der Waals surface area contributed by atoms with Crippen molar-refractivity contribution in [2.24, 2.45) is 5.10 Å². The molecule has 0 amide bonds. The van der Waals surface area contributed by atoms with Crippen molar-refractivity contribution in [3.05, 3.63) is 105 Å². The third kappa shape index (κ3) is 6.16. The summed E-state index contributed by atoms with van der Waals surface area (Å²) in [5, 5.41) is 16.7. The maximum absolute atomic E-state index is 13.3. The lowest BCUT2D eigenvalue weighted by atomic mass is 10.1. The second-order valence-corrected chi connectivity index (χ2v) is 11.0. The number of rotatable bonds is 8. The molecule has 11 heteroatoms. The molecule has 0 unspecified atom stereocenters. The summed E-state index contributed by atoms with van der Waals surface area (Å²) in [5.41, 5.74) is 1.33. The predicted octanol–water partition coefficient (Wildman–Crippen LogP) is 7.57. The molecule has 0 aliphatic rings. The van der Waals surface area contributed by atoms with Crippen molar-refractivity contribution >= 4 is 70.6 Å². The van der Waals surface area contributed by atoms with E-state index in [9.17, 15) is 14.9 Å². The molecular formula is C26H21Br3N4O4. The zero-order valence-corrected chi connectivity index (χ0v) is 24.6. The summed E-state index contributed by atoms with van der Waals surface area (Å²) in [6.07, 6.45) is 2.17. The molecule has 3 aromatic carbocycles. The van der Waals surface area contributed by atoms with E-state index < -0.39 is 4.92 Å². The van der Waals surface area contributed by atoms with E-state index >= 15 is 0 Å². The van der Waals surface area contributed by atoms with Crippen LogP contribution < -0.4 is 10.3 Å². The highest BCUT2D eigenvalue weighted by molar-refractivity contribution is 9.11. The lowest BCUT2D eigenvalue weighted by Crippen LogP contribution is -2.23. The summed E-state index contributed by atoms with van der Waals surface area (Å²) >= 11 is 10.2. The summed E-state index contributed by atoms with van der Waals surface area (Å²) in [6.45, 7) is 4.13. The van der Waals surface area contributed by atoms with Gasteiger partial charge in [0.15, 0.2) is 0 Å². The number of benzene rings is 3. The Balaban J connectivity index is 1.73. The van der Waals surface area contributed by atoms with Crippen LogP contribution >= 0.6 is 47.8 Å². The van der Waals surface area contributed by atoms with Crippen molar-refractivity contribution in [3.63, 3.8) is 0 Å². The summed E-state index contributed by atoms with van der Waals surface area (Å²) in [5.74, 6) is 0.592. The maximum atomic E-state index is 13.3. The number of hydrogen-bond acceptors (Lipinski definition) is 6. The van der Waals surface area contributed by atoms with Crippen molar-refractivity contribution in [3.8, 4) is 5.75 Å². The van der Waals surface area contributed by atoms with Crippen molar-refractivity contribution < 1.29 is 9.66 Å². The Bertz CT molecular complexity index is 1570. The fourth-order valence-electron chi connectivity index (χ4n) is 3.59. The van der Waals surface area contributed by atoms with E-state index in [1.807, 2.05) is 44.2 Å². The quantitative estimate of drug-likeness (QED) is 0.108. The Morgan fingerprint density at radius 1 is 1.11 bits per heavy atom. The minimum atomic E-state index is -0.509. The first kappa shape index (κ1) is 27.2. The number of hydrogen-bond donors (Lipinski definition) is 0. The highest BCUT2D eigenvalue weighted by Crippen LogP contribution is 2.36. The second kappa shape index (κ2) is 11.7. The highest BCUT2D eigenvalue weighted by Gasteiger charge is 2.21. The van der Waals surface area contributed by atoms with Crippen LogP contribution in [0.2, 0.25) is 0 Å². The van der Waals surface area contributed by atoms with Crippen LogP contribution in [-0.4, -0.2) is 20.8 Å². The van der Waals surface area contributed by atoms with Gasteiger partial charge in [0.1, 0.15) is 12.4 Å². The smallest absolute Gasteiger partial charge is 0.312 e. The van der Waals surface area contributed by atoms with Crippen LogP contribution in [-0.2, 0) is 6.61 Å².